The number of anilines is 3. The Bertz CT molecular complexity index is 1410. The third-order valence-electron chi connectivity index (χ3n) is 8.06. The summed E-state index contributed by atoms with van der Waals surface area (Å²) >= 11 is 0. The molecule has 0 atom stereocenters. The molecule has 0 bridgehead atoms. The van der Waals surface area contributed by atoms with Crippen LogP contribution in [0, 0.1) is 6.92 Å². The molecule has 5 rings (SSSR count). The number of nitrogens with one attached hydrogen (secondary N) is 1. The lowest BCUT2D eigenvalue weighted by Crippen LogP contribution is -2.28. The van der Waals surface area contributed by atoms with Crippen LogP contribution < -0.4 is 9.80 Å². The second-order valence-corrected chi connectivity index (χ2v) is 13.3. The average Bonchev–Trinajstić information content (AvgIpc) is 3.48. The molecule has 0 saturated heterocycles. The maximum atomic E-state index is 4.77. The van der Waals surface area contributed by atoms with Gasteiger partial charge >= 0.3 is 0 Å². The number of hydrogen-bond donors (Lipinski definition) is 1. The Morgan fingerprint density at radius 1 is 0.825 bits per heavy atom. The first-order valence-electron chi connectivity index (χ1n) is 14.8. The maximum Gasteiger partial charge on any atom is 0.158 e. The zero-order valence-corrected chi connectivity index (χ0v) is 25.4. The molecular formula is C35H45N5. The van der Waals surface area contributed by atoms with Crippen molar-refractivity contribution in [2.24, 2.45) is 0 Å². The van der Waals surface area contributed by atoms with Gasteiger partial charge in [-0.2, -0.15) is 5.10 Å². The molecule has 0 amide bonds. The van der Waals surface area contributed by atoms with E-state index in [-0.39, 0.29) is 10.8 Å². The van der Waals surface area contributed by atoms with Gasteiger partial charge in [0, 0.05) is 29.7 Å². The molecule has 5 heteroatoms. The lowest BCUT2D eigenvalue weighted by molar-refractivity contribution is 0.569. The van der Waals surface area contributed by atoms with E-state index in [0.29, 0.717) is 0 Å². The highest BCUT2D eigenvalue weighted by Gasteiger charge is 2.27. The summed E-state index contributed by atoms with van der Waals surface area (Å²) in [6.45, 7) is 17.8. The van der Waals surface area contributed by atoms with Crippen molar-refractivity contribution in [2.75, 3.05) is 23.0 Å². The minimum absolute atomic E-state index is 0.0909. The number of rotatable bonds is 8. The highest BCUT2D eigenvalue weighted by molar-refractivity contribution is 5.79. The topological polar surface area (TPSA) is 48.1 Å². The van der Waals surface area contributed by atoms with Crippen molar-refractivity contribution >= 4 is 17.2 Å². The van der Waals surface area contributed by atoms with Crippen molar-refractivity contribution in [3.05, 3.63) is 89.4 Å². The molecule has 0 radical (unpaired) electrons. The number of benzene rings is 2. The first-order valence-corrected chi connectivity index (χ1v) is 14.8. The summed E-state index contributed by atoms with van der Waals surface area (Å²) in [5.41, 5.74) is 10.3. The van der Waals surface area contributed by atoms with E-state index >= 15 is 0 Å². The van der Waals surface area contributed by atoms with Crippen LogP contribution in [0.1, 0.15) is 83.3 Å². The van der Waals surface area contributed by atoms with Gasteiger partial charge in [0.15, 0.2) is 5.82 Å². The molecule has 2 aromatic carbocycles. The summed E-state index contributed by atoms with van der Waals surface area (Å²) in [5.74, 6) is 1.05. The number of aromatic nitrogens is 3. The van der Waals surface area contributed by atoms with Crippen LogP contribution in [0.15, 0.2) is 66.9 Å². The van der Waals surface area contributed by atoms with Gasteiger partial charge in [-0.15, -0.1) is 0 Å². The molecule has 4 aromatic rings. The molecule has 0 saturated carbocycles. The predicted molar refractivity (Wildman–Crippen MR) is 169 cm³/mol. The number of H-pyrrole nitrogens is 1. The van der Waals surface area contributed by atoms with Gasteiger partial charge in [0.2, 0.25) is 0 Å². The van der Waals surface area contributed by atoms with Gasteiger partial charge in [0.1, 0.15) is 0 Å². The van der Waals surface area contributed by atoms with Gasteiger partial charge in [-0.25, -0.2) is 4.98 Å². The highest BCUT2D eigenvalue weighted by atomic mass is 15.4. The Kier molecular flexibility index (Phi) is 7.76. The first kappa shape index (κ1) is 27.9. The van der Waals surface area contributed by atoms with Gasteiger partial charge in [-0.3, -0.25) is 5.10 Å². The van der Waals surface area contributed by atoms with Crippen LogP contribution in [-0.2, 0) is 17.3 Å². The van der Waals surface area contributed by atoms with E-state index in [2.05, 4.69) is 118 Å². The lowest BCUT2D eigenvalue weighted by Gasteiger charge is -2.26. The van der Waals surface area contributed by atoms with Gasteiger partial charge in [-0.05, 0) is 78.0 Å². The van der Waals surface area contributed by atoms with Crippen LogP contribution >= 0.6 is 0 Å². The van der Waals surface area contributed by atoms with Crippen LogP contribution in [0.25, 0.3) is 11.1 Å². The zero-order valence-electron chi connectivity index (χ0n) is 25.4. The van der Waals surface area contributed by atoms with Crippen molar-refractivity contribution in [1.82, 2.24) is 15.2 Å². The smallest absolute Gasteiger partial charge is 0.158 e. The molecule has 2 aromatic heterocycles. The number of aryl methyl sites for hydroxylation is 2. The number of para-hydroxylation sites is 1. The summed E-state index contributed by atoms with van der Waals surface area (Å²) in [5, 5.41) is 8.07. The number of aromatic amines is 1. The molecule has 0 aliphatic carbocycles. The average molecular weight is 536 g/mol. The fourth-order valence-electron chi connectivity index (χ4n) is 5.61. The SMILES string of the molecule is Cc1[nH]nc(CCCCCN2CN(c3ccccc3)c3ncccc32)c1-c1cc(C(C)(C)C)cc(C(C)(C)C)c1. The molecule has 0 unspecified atom stereocenters. The summed E-state index contributed by atoms with van der Waals surface area (Å²) < 4.78 is 0. The Morgan fingerprint density at radius 2 is 1.52 bits per heavy atom. The van der Waals surface area contributed by atoms with Gasteiger partial charge in [0.25, 0.3) is 0 Å². The van der Waals surface area contributed by atoms with Crippen LogP contribution in [0.3, 0.4) is 0 Å². The van der Waals surface area contributed by atoms with E-state index in [4.69, 9.17) is 10.1 Å². The monoisotopic (exact) mass is 535 g/mol. The van der Waals surface area contributed by atoms with Gasteiger partial charge < -0.3 is 9.80 Å². The molecule has 1 aliphatic rings. The minimum Gasteiger partial charge on any atom is -0.350 e. The van der Waals surface area contributed by atoms with Crippen molar-refractivity contribution < 1.29 is 0 Å². The quantitative estimate of drug-likeness (QED) is 0.229. The van der Waals surface area contributed by atoms with E-state index in [9.17, 15) is 0 Å². The third-order valence-corrected chi connectivity index (χ3v) is 8.06. The van der Waals surface area contributed by atoms with Crippen molar-refractivity contribution in [2.45, 2.75) is 85.0 Å². The Labute approximate surface area is 240 Å². The minimum atomic E-state index is 0.0909. The largest absolute Gasteiger partial charge is 0.350 e. The molecular weight excluding hydrogens is 490 g/mol. The van der Waals surface area contributed by atoms with Crippen molar-refractivity contribution in [1.29, 1.82) is 0 Å². The number of unbranched alkanes of at least 4 members (excludes halogenated alkanes) is 2. The second-order valence-electron chi connectivity index (χ2n) is 13.3. The van der Waals surface area contributed by atoms with Crippen LogP contribution in [0.4, 0.5) is 17.2 Å². The van der Waals surface area contributed by atoms with Crippen LogP contribution in [-0.4, -0.2) is 28.4 Å². The molecule has 1 aliphatic heterocycles. The summed E-state index contributed by atoms with van der Waals surface area (Å²) in [7, 11) is 0. The standard InChI is InChI=1S/C35H45N5/c1-25-32(26-21-27(34(2,3)4)23-28(22-26)35(5,6)7)30(38-37-25)17-12-9-13-20-39-24-40(29-15-10-8-11-16-29)33-31(39)18-14-19-36-33/h8,10-11,14-16,18-19,21-23H,9,12-13,17,20,24H2,1-7H3,(H,37,38). The second kappa shape index (κ2) is 11.1. The zero-order chi connectivity index (χ0) is 28.5. The van der Waals surface area contributed by atoms with Gasteiger partial charge in [0.05, 0.1) is 18.1 Å². The number of nitrogens with zero attached hydrogens (tertiary/aromatic N) is 4. The summed E-state index contributed by atoms with van der Waals surface area (Å²) in [6, 6.07) is 22.0. The maximum absolute atomic E-state index is 4.77. The fourth-order valence-corrected chi connectivity index (χ4v) is 5.61. The van der Waals surface area contributed by atoms with Crippen LogP contribution in [0.2, 0.25) is 0 Å². The number of fused-ring (bicyclic) bond motifs is 1. The third kappa shape index (κ3) is 5.94. The van der Waals surface area contributed by atoms with Crippen LogP contribution in [0.5, 0.6) is 0 Å². The lowest BCUT2D eigenvalue weighted by atomic mass is 9.78. The molecule has 0 fully saturated rings. The van der Waals surface area contributed by atoms with Gasteiger partial charge in [-0.1, -0.05) is 84.4 Å². The Hall–Kier alpha value is -3.60. The first-order chi connectivity index (χ1) is 19.0. The summed E-state index contributed by atoms with van der Waals surface area (Å²) in [6.07, 6.45) is 6.31. The van der Waals surface area contributed by atoms with E-state index in [0.717, 1.165) is 50.4 Å². The Morgan fingerprint density at radius 3 is 2.20 bits per heavy atom. The molecule has 0 spiro atoms. The van der Waals surface area contributed by atoms with E-state index in [1.165, 1.54) is 39.3 Å². The van der Waals surface area contributed by atoms with E-state index < -0.39 is 0 Å². The summed E-state index contributed by atoms with van der Waals surface area (Å²) in [4.78, 5) is 9.48. The molecule has 3 heterocycles. The van der Waals surface area contributed by atoms with E-state index in [1.54, 1.807) is 0 Å². The molecule has 5 nitrogen and oxygen atoms in total. The highest BCUT2D eigenvalue weighted by Crippen LogP contribution is 2.39. The molecule has 40 heavy (non-hydrogen) atoms. The van der Waals surface area contributed by atoms with E-state index in [1.807, 2.05) is 12.3 Å². The molecule has 210 valence electrons. The van der Waals surface area contributed by atoms with Crippen molar-refractivity contribution in [3.63, 3.8) is 0 Å². The molecule has 1 N–H and O–H groups in total. The van der Waals surface area contributed by atoms with Crippen molar-refractivity contribution in [3.8, 4) is 11.1 Å². The number of pyridine rings is 1. The normalized spacial score (nSPS) is 13.7. The Balaban J connectivity index is 1.25. The fraction of sp³-hybridized carbons (Fsp3) is 0.429. The number of hydrogen-bond acceptors (Lipinski definition) is 4. The predicted octanol–water partition coefficient (Wildman–Crippen LogP) is 8.70.